The molecule has 0 saturated carbocycles. The lowest BCUT2D eigenvalue weighted by atomic mass is 10.1. The van der Waals surface area contributed by atoms with Crippen molar-refractivity contribution in [1.82, 2.24) is 9.55 Å². The van der Waals surface area contributed by atoms with Gasteiger partial charge in [-0.3, -0.25) is 4.79 Å². The molecular formula is C19H14BrClF5N3O2. The second-order valence-corrected chi connectivity index (χ2v) is 7.79. The van der Waals surface area contributed by atoms with E-state index in [2.05, 4.69) is 31.0 Å². The fraction of sp³-hybridized carbons (Fsp3) is 0.263. The molecule has 0 radical (unpaired) electrons. The van der Waals surface area contributed by atoms with Gasteiger partial charge in [-0.25, -0.2) is 18.2 Å². The molecule has 12 heteroatoms. The van der Waals surface area contributed by atoms with Crippen LogP contribution in [-0.2, 0) is 0 Å². The molecule has 2 aromatic carbocycles. The Kier molecular flexibility index (Phi) is 6.75. The summed E-state index contributed by atoms with van der Waals surface area (Å²) in [6.45, 7) is 0.558. The minimum Gasteiger partial charge on any atom is -0.420 e. The first-order valence-electron chi connectivity index (χ1n) is 8.72. The number of aromatic nitrogens is 2. The lowest BCUT2D eigenvalue weighted by Gasteiger charge is -2.15. The molecule has 166 valence electrons. The van der Waals surface area contributed by atoms with Crippen LogP contribution in [0.15, 0.2) is 40.9 Å². The number of carbonyl (C=O) groups is 1. The maximum atomic E-state index is 13.4. The number of nitrogens with one attached hydrogen (secondary N) is 1. The number of hydrogen-bond acceptors (Lipinski definition) is 3. The average Bonchev–Trinajstić information content (AvgIpc) is 3.08. The number of halogens is 7. The highest BCUT2D eigenvalue weighted by Crippen LogP contribution is 2.34. The highest BCUT2D eigenvalue weighted by molar-refractivity contribution is 9.10. The number of anilines is 1. The predicted octanol–water partition coefficient (Wildman–Crippen LogP) is 6.69. The number of fused-ring (bicyclic) bond motifs is 1. The van der Waals surface area contributed by atoms with Gasteiger partial charge in [-0.15, -0.1) is 8.78 Å². The first-order valence-corrected chi connectivity index (χ1v) is 9.90. The van der Waals surface area contributed by atoms with Gasteiger partial charge in [0.1, 0.15) is 12.4 Å². The molecule has 1 unspecified atom stereocenters. The molecule has 31 heavy (non-hydrogen) atoms. The summed E-state index contributed by atoms with van der Waals surface area (Å²) in [5.41, 5.74) is -3.20. The molecule has 0 aliphatic carbocycles. The van der Waals surface area contributed by atoms with E-state index in [-0.39, 0.29) is 32.5 Å². The number of carbonyl (C=O) groups excluding carboxylic acids is 1. The van der Waals surface area contributed by atoms with Crippen molar-refractivity contribution in [2.75, 3.05) is 12.0 Å². The van der Waals surface area contributed by atoms with Gasteiger partial charge in [0.25, 0.3) is 12.3 Å². The first-order chi connectivity index (χ1) is 14.5. The van der Waals surface area contributed by atoms with Gasteiger partial charge in [0, 0.05) is 27.3 Å². The second-order valence-electron chi connectivity index (χ2n) is 6.50. The van der Waals surface area contributed by atoms with Crippen molar-refractivity contribution in [3.05, 3.63) is 52.3 Å². The molecule has 0 aliphatic rings. The molecule has 1 atom stereocenters. The van der Waals surface area contributed by atoms with Crippen LogP contribution in [0, 0.1) is 0 Å². The van der Waals surface area contributed by atoms with E-state index in [1.165, 1.54) is 43.3 Å². The van der Waals surface area contributed by atoms with Crippen LogP contribution >= 0.6 is 27.5 Å². The molecule has 3 aromatic rings. The van der Waals surface area contributed by atoms with E-state index in [9.17, 15) is 26.7 Å². The largest absolute Gasteiger partial charge is 0.487 e. The maximum absolute atomic E-state index is 13.4. The Hall–Kier alpha value is -2.40. The van der Waals surface area contributed by atoms with Crippen LogP contribution in [0.2, 0.25) is 0 Å². The number of hydrogen-bond donors (Lipinski definition) is 1. The summed E-state index contributed by atoms with van der Waals surface area (Å²) in [6.07, 6.45) is -2.94. The third kappa shape index (κ3) is 5.27. The Morgan fingerprint density at radius 2 is 1.94 bits per heavy atom. The van der Waals surface area contributed by atoms with E-state index < -0.39 is 36.4 Å². The Balaban J connectivity index is 1.90. The van der Waals surface area contributed by atoms with Gasteiger partial charge in [-0.1, -0.05) is 0 Å². The average molecular weight is 527 g/mol. The van der Waals surface area contributed by atoms with E-state index in [0.29, 0.717) is 0 Å². The summed E-state index contributed by atoms with van der Waals surface area (Å²) < 4.78 is 70.9. The zero-order valence-corrected chi connectivity index (χ0v) is 18.0. The molecule has 1 heterocycles. The summed E-state index contributed by atoms with van der Waals surface area (Å²) in [6, 6.07) is 6.80. The van der Waals surface area contributed by atoms with Gasteiger partial charge in [0.05, 0.1) is 17.1 Å². The molecule has 1 N–H and O–H groups in total. The number of ether oxygens (including phenoxy) is 1. The minimum atomic E-state index is -3.87. The zero-order chi connectivity index (χ0) is 22.9. The number of benzene rings is 2. The number of amides is 1. The molecule has 0 saturated heterocycles. The van der Waals surface area contributed by atoms with Gasteiger partial charge in [-0.05, 0) is 59.3 Å². The second kappa shape index (κ2) is 8.99. The number of imidazole rings is 1. The highest BCUT2D eigenvalue weighted by Gasteiger charge is 2.27. The number of alkyl halides is 6. The Bertz CT molecular complexity index is 1100. The zero-order valence-electron chi connectivity index (χ0n) is 15.7. The van der Waals surface area contributed by atoms with Crippen molar-refractivity contribution in [2.45, 2.75) is 25.0 Å². The molecule has 0 spiro atoms. The highest BCUT2D eigenvalue weighted by atomic mass is 79.9. The summed E-state index contributed by atoms with van der Waals surface area (Å²) in [7, 11) is 0. The van der Waals surface area contributed by atoms with E-state index in [1.54, 1.807) is 0 Å². The molecule has 5 nitrogen and oxygen atoms in total. The van der Waals surface area contributed by atoms with Gasteiger partial charge < -0.3 is 14.6 Å². The fourth-order valence-corrected chi connectivity index (χ4v) is 3.67. The normalized spacial score (nSPS) is 12.9. The molecular weight excluding hydrogens is 513 g/mol. The van der Waals surface area contributed by atoms with E-state index in [1.807, 2.05) is 0 Å². The van der Waals surface area contributed by atoms with Crippen LogP contribution in [0.1, 0.15) is 35.6 Å². The van der Waals surface area contributed by atoms with Crippen LogP contribution in [0.3, 0.4) is 0 Å². The van der Waals surface area contributed by atoms with Crippen molar-refractivity contribution in [2.24, 2.45) is 0 Å². The van der Waals surface area contributed by atoms with Crippen LogP contribution < -0.4 is 10.1 Å². The van der Waals surface area contributed by atoms with Crippen molar-refractivity contribution in [3.63, 3.8) is 0 Å². The molecule has 1 aromatic heterocycles. The van der Waals surface area contributed by atoms with Crippen LogP contribution in [0.5, 0.6) is 5.75 Å². The van der Waals surface area contributed by atoms with Crippen LogP contribution in [0.4, 0.5) is 27.6 Å². The van der Waals surface area contributed by atoms with Gasteiger partial charge in [0.15, 0.2) is 5.82 Å². The van der Waals surface area contributed by atoms with Gasteiger partial charge in [0.2, 0.25) is 0 Å². The lowest BCUT2D eigenvalue weighted by Crippen LogP contribution is -2.16. The minimum absolute atomic E-state index is 0.0863. The van der Waals surface area contributed by atoms with Gasteiger partial charge in [-0.2, -0.15) is 0 Å². The molecule has 0 bridgehead atoms. The van der Waals surface area contributed by atoms with Crippen molar-refractivity contribution in [1.29, 1.82) is 0 Å². The first kappa shape index (κ1) is 23.3. The fourth-order valence-electron chi connectivity index (χ4n) is 2.94. The number of rotatable bonds is 7. The summed E-state index contributed by atoms with van der Waals surface area (Å²) in [5, 5.41) is 2.54. The maximum Gasteiger partial charge on any atom is 0.487 e. The van der Waals surface area contributed by atoms with Gasteiger partial charge >= 0.3 is 5.57 Å². The molecule has 1 amide bonds. The summed E-state index contributed by atoms with van der Waals surface area (Å²) >= 11 is 7.93. The SMILES string of the molecule is CC(CF)n1c(C(F)F)nc2cc(C(=O)Nc3ccc(OC(F)(F)Cl)cc3)cc(Br)c21. The van der Waals surface area contributed by atoms with Crippen LogP contribution in [-0.4, -0.2) is 27.7 Å². The predicted molar refractivity (Wildman–Crippen MR) is 109 cm³/mol. The quantitative estimate of drug-likeness (QED) is 0.276. The monoisotopic (exact) mass is 525 g/mol. The summed E-state index contributed by atoms with van der Waals surface area (Å²) in [4.78, 5) is 16.5. The Labute approximate surface area is 186 Å². The topological polar surface area (TPSA) is 56.2 Å². The van der Waals surface area contributed by atoms with Crippen molar-refractivity contribution >= 4 is 50.2 Å². The summed E-state index contributed by atoms with van der Waals surface area (Å²) in [5.74, 6) is -1.43. The Morgan fingerprint density at radius 1 is 1.29 bits per heavy atom. The Morgan fingerprint density at radius 3 is 2.48 bits per heavy atom. The lowest BCUT2D eigenvalue weighted by molar-refractivity contribution is -0.0964. The molecule has 3 rings (SSSR count). The third-order valence-corrected chi connectivity index (χ3v) is 4.91. The smallest absolute Gasteiger partial charge is 0.420 e. The molecule has 0 fully saturated rings. The van der Waals surface area contributed by atoms with E-state index in [4.69, 9.17) is 11.6 Å². The van der Waals surface area contributed by atoms with E-state index in [0.717, 1.165) is 4.57 Å². The van der Waals surface area contributed by atoms with Crippen molar-refractivity contribution in [3.8, 4) is 5.75 Å². The molecule has 0 aliphatic heterocycles. The van der Waals surface area contributed by atoms with Crippen molar-refractivity contribution < 1.29 is 31.5 Å². The van der Waals surface area contributed by atoms with E-state index >= 15 is 0 Å². The third-order valence-electron chi connectivity index (χ3n) is 4.23. The van der Waals surface area contributed by atoms with Crippen LogP contribution in [0.25, 0.3) is 11.0 Å². The number of nitrogens with zero attached hydrogens (tertiary/aromatic N) is 2. The standard InChI is InChI=1S/C19H14BrClF5N3O2/c1-9(8-22)29-15-13(20)6-10(7-14(15)28-17(29)16(23)24)18(30)27-11-2-4-12(5-3-11)31-19(21,25)26/h2-7,9,16H,8H2,1H3,(H,27,30).